The van der Waals surface area contributed by atoms with Crippen LogP contribution >= 0.6 is 7.29 Å². The molecular formula is C26H42N5O4P. The van der Waals surface area contributed by atoms with Gasteiger partial charge in [0.25, 0.3) is 10.9 Å². The van der Waals surface area contributed by atoms with Crippen LogP contribution in [0.1, 0.15) is 44.9 Å². The Labute approximate surface area is 214 Å². The predicted molar refractivity (Wildman–Crippen MR) is 148 cm³/mol. The van der Waals surface area contributed by atoms with Gasteiger partial charge in [-0.3, -0.25) is 24.1 Å². The van der Waals surface area contributed by atoms with Crippen molar-refractivity contribution in [3.05, 3.63) is 45.0 Å². The zero-order valence-electron chi connectivity index (χ0n) is 21.8. The van der Waals surface area contributed by atoms with Gasteiger partial charge in [0.2, 0.25) is 0 Å². The minimum Gasteiger partial charge on any atom is -0.380 e. The van der Waals surface area contributed by atoms with Crippen LogP contribution in [0.4, 0.5) is 17.1 Å². The third-order valence-corrected chi connectivity index (χ3v) is 8.44. The minimum atomic E-state index is -2.24. The van der Waals surface area contributed by atoms with Crippen molar-refractivity contribution in [1.82, 2.24) is 14.6 Å². The molecule has 0 amide bonds. The van der Waals surface area contributed by atoms with Gasteiger partial charge in [-0.05, 0) is 37.9 Å². The largest absolute Gasteiger partial charge is 0.380 e. The van der Waals surface area contributed by atoms with E-state index < -0.39 is 18.2 Å². The summed E-state index contributed by atoms with van der Waals surface area (Å²) in [6, 6.07) is 3.51. The summed E-state index contributed by atoms with van der Waals surface area (Å²) >= 11 is 0. The molecule has 0 bridgehead atoms. The van der Waals surface area contributed by atoms with Crippen molar-refractivity contribution < 1.29 is 9.30 Å². The van der Waals surface area contributed by atoms with Crippen LogP contribution in [-0.2, 0) is 9.30 Å². The number of hydrogen-bond donors (Lipinski definition) is 2. The number of nitrogens with zero attached hydrogens (tertiary/aromatic N) is 3. The van der Waals surface area contributed by atoms with Crippen molar-refractivity contribution in [1.29, 1.82) is 0 Å². The molecule has 2 heterocycles. The van der Waals surface area contributed by atoms with Crippen LogP contribution in [0.15, 0.2) is 34.1 Å². The lowest BCUT2D eigenvalue weighted by molar-refractivity contribution is 0.0369. The highest BCUT2D eigenvalue weighted by Crippen LogP contribution is 2.41. The quantitative estimate of drug-likeness (QED) is 0.184. The normalized spacial score (nSPS) is 15.0. The molecule has 0 aliphatic carbocycles. The fourth-order valence-electron chi connectivity index (χ4n) is 4.49. The third kappa shape index (κ3) is 9.11. The number of unbranched alkanes of at least 4 members (excludes halogenated alkanes) is 5. The fraction of sp³-hybridized carbons (Fsp3) is 0.654. The molecule has 0 spiro atoms. The number of aromatic nitrogens is 1. The van der Waals surface area contributed by atoms with E-state index in [2.05, 4.69) is 25.2 Å². The van der Waals surface area contributed by atoms with Gasteiger partial charge in [0.15, 0.2) is 0 Å². The summed E-state index contributed by atoms with van der Waals surface area (Å²) in [4.78, 5) is 30.2. The van der Waals surface area contributed by atoms with Crippen molar-refractivity contribution in [2.24, 2.45) is 0 Å². The Kier molecular flexibility index (Phi) is 11.6. The molecule has 0 unspecified atom stereocenters. The molecule has 0 saturated carbocycles. The number of anilines is 3. The topological polar surface area (TPSA) is 104 Å². The summed E-state index contributed by atoms with van der Waals surface area (Å²) in [5.74, 6) is 0. The molecule has 1 aromatic carbocycles. The highest BCUT2D eigenvalue weighted by Gasteiger charge is 2.21. The number of nitrogens with one attached hydrogen (secondary N) is 2. The number of hydrogen-bond acceptors (Lipinski definition) is 8. The van der Waals surface area contributed by atoms with Gasteiger partial charge < -0.3 is 19.9 Å². The van der Waals surface area contributed by atoms with Crippen LogP contribution < -0.4 is 21.5 Å². The van der Waals surface area contributed by atoms with Gasteiger partial charge in [-0.15, -0.1) is 0 Å². The summed E-state index contributed by atoms with van der Waals surface area (Å²) in [6.07, 6.45) is 10.8. The molecule has 1 saturated heterocycles. The highest BCUT2D eigenvalue weighted by molar-refractivity contribution is 7.59. The highest BCUT2D eigenvalue weighted by atomic mass is 31.2. The number of pyridine rings is 1. The van der Waals surface area contributed by atoms with Crippen molar-refractivity contribution in [2.45, 2.75) is 44.9 Å². The summed E-state index contributed by atoms with van der Waals surface area (Å²) < 4.78 is 20.3. The maximum Gasteiger partial charge on any atom is 0.253 e. The van der Waals surface area contributed by atoms with Crippen LogP contribution in [0.5, 0.6) is 0 Å². The molecule has 1 aliphatic rings. The van der Waals surface area contributed by atoms with E-state index in [0.29, 0.717) is 17.9 Å². The first-order chi connectivity index (χ1) is 17.4. The van der Waals surface area contributed by atoms with Gasteiger partial charge in [0.05, 0.1) is 13.2 Å². The van der Waals surface area contributed by atoms with E-state index in [1.807, 2.05) is 13.3 Å². The summed E-state index contributed by atoms with van der Waals surface area (Å²) in [5, 5.41) is 6.14. The van der Waals surface area contributed by atoms with Gasteiger partial charge in [-0.2, -0.15) is 0 Å². The van der Waals surface area contributed by atoms with E-state index in [4.69, 9.17) is 4.74 Å². The smallest absolute Gasteiger partial charge is 0.253 e. The Morgan fingerprint density at radius 2 is 1.53 bits per heavy atom. The van der Waals surface area contributed by atoms with E-state index in [-0.39, 0.29) is 0 Å². The van der Waals surface area contributed by atoms with Crippen LogP contribution in [0.25, 0.3) is 0 Å². The van der Waals surface area contributed by atoms with E-state index in [1.165, 1.54) is 0 Å². The molecule has 10 heteroatoms. The van der Waals surface area contributed by atoms with Gasteiger partial charge in [0.1, 0.15) is 18.7 Å². The Morgan fingerprint density at radius 3 is 2.22 bits per heavy atom. The molecule has 3 rings (SSSR count). The molecule has 1 aliphatic heterocycles. The Morgan fingerprint density at radius 1 is 0.917 bits per heavy atom. The van der Waals surface area contributed by atoms with Gasteiger partial charge >= 0.3 is 0 Å². The number of rotatable bonds is 17. The second-order valence-corrected chi connectivity index (χ2v) is 13.0. The second kappa shape index (κ2) is 14.6. The molecule has 0 atom stereocenters. The van der Waals surface area contributed by atoms with Gasteiger partial charge in [-0.25, -0.2) is 0 Å². The first-order valence-electron chi connectivity index (χ1n) is 13.2. The van der Waals surface area contributed by atoms with Crippen LogP contribution in [0.3, 0.4) is 0 Å². The maximum atomic E-state index is 12.7. The zero-order chi connectivity index (χ0) is 25.8. The average Bonchev–Trinajstić information content (AvgIpc) is 2.88. The molecule has 2 N–H and O–H groups in total. The lowest BCUT2D eigenvalue weighted by Gasteiger charge is -2.30. The molecule has 36 heavy (non-hydrogen) atoms. The Balaban J connectivity index is 1.25. The van der Waals surface area contributed by atoms with Crippen LogP contribution in [0, 0.1) is 0 Å². The SMILES string of the molecule is CP(C)(=O)N(CCCCCCCCNc1c(Nc2ccncc2)c(=O)c1=O)CCCN1CCOCC1. The van der Waals surface area contributed by atoms with Crippen LogP contribution in [0.2, 0.25) is 0 Å². The molecule has 1 fully saturated rings. The standard InChI is InChI=1S/C26H42N5O4P/c1-36(2,34)31(17-9-15-30-18-20-35-21-19-30)16-8-6-4-3-5-7-12-28-23-24(26(33)25(23)32)29-22-10-13-27-14-11-22/h10-11,13-14,28H,3-9,12,15-21H2,1-2H3,(H,27,29). The molecule has 200 valence electrons. The van der Waals surface area contributed by atoms with Crippen molar-refractivity contribution in [2.75, 3.05) is 76.4 Å². The third-order valence-electron chi connectivity index (χ3n) is 6.68. The lowest BCUT2D eigenvalue weighted by atomic mass is 10.1. The average molecular weight is 520 g/mol. The zero-order valence-corrected chi connectivity index (χ0v) is 22.7. The molecular weight excluding hydrogens is 477 g/mol. The Hall–Kier alpha value is -2.06. The molecule has 9 nitrogen and oxygen atoms in total. The fourth-order valence-corrected chi connectivity index (χ4v) is 5.74. The summed E-state index contributed by atoms with van der Waals surface area (Å²) in [5.41, 5.74) is 0.524. The second-order valence-electron chi connectivity index (χ2n) is 9.87. The predicted octanol–water partition coefficient (Wildman–Crippen LogP) is 3.74. The molecule has 1 aromatic heterocycles. The summed E-state index contributed by atoms with van der Waals surface area (Å²) in [6.45, 7) is 10.9. The van der Waals surface area contributed by atoms with E-state index >= 15 is 0 Å². The Bertz CT molecular complexity index is 1030. The monoisotopic (exact) mass is 519 g/mol. The minimum absolute atomic E-state index is 0.338. The van der Waals surface area contributed by atoms with Crippen molar-refractivity contribution >= 4 is 24.4 Å². The van der Waals surface area contributed by atoms with Gasteiger partial charge in [0, 0.05) is 64.1 Å². The number of ether oxygens (including phenoxy) is 1. The van der Waals surface area contributed by atoms with Crippen molar-refractivity contribution in [3.8, 4) is 0 Å². The summed E-state index contributed by atoms with van der Waals surface area (Å²) in [7, 11) is -2.24. The van der Waals surface area contributed by atoms with E-state index in [0.717, 1.165) is 96.6 Å². The van der Waals surface area contributed by atoms with Crippen LogP contribution in [-0.4, -0.2) is 80.4 Å². The number of morpholine rings is 1. The molecule has 0 radical (unpaired) electrons. The first kappa shape index (κ1) is 28.5. The molecule has 2 aromatic rings. The van der Waals surface area contributed by atoms with Gasteiger partial charge in [-0.1, -0.05) is 25.7 Å². The first-order valence-corrected chi connectivity index (χ1v) is 15.8. The lowest BCUT2D eigenvalue weighted by Crippen LogP contribution is -2.38. The maximum absolute atomic E-state index is 12.7. The van der Waals surface area contributed by atoms with Crippen molar-refractivity contribution in [3.63, 3.8) is 0 Å². The van der Waals surface area contributed by atoms with E-state index in [9.17, 15) is 14.2 Å². The van der Waals surface area contributed by atoms with E-state index in [1.54, 1.807) is 24.5 Å².